The molecule has 1 amide bonds. The van der Waals surface area contributed by atoms with Crippen molar-refractivity contribution in [2.45, 2.75) is 0 Å². The van der Waals surface area contributed by atoms with E-state index in [1.165, 1.54) is 6.07 Å². The first-order chi connectivity index (χ1) is 9.30. The summed E-state index contributed by atoms with van der Waals surface area (Å²) in [6.45, 7) is 0. The molecule has 0 aliphatic rings. The summed E-state index contributed by atoms with van der Waals surface area (Å²) in [7, 11) is -4.72. The van der Waals surface area contributed by atoms with E-state index in [0.717, 1.165) is 6.26 Å². The van der Waals surface area contributed by atoms with Gasteiger partial charge in [-0.2, -0.15) is 5.26 Å². The van der Waals surface area contributed by atoms with Crippen molar-refractivity contribution in [2.75, 3.05) is 28.8 Å². The van der Waals surface area contributed by atoms with E-state index >= 15 is 0 Å². The second-order valence-corrected chi connectivity index (χ2v) is 8.00. The van der Waals surface area contributed by atoms with E-state index in [4.69, 9.17) is 5.26 Å². The van der Waals surface area contributed by atoms with Gasteiger partial charge in [-0.25, -0.2) is 8.42 Å². The third-order valence-electron chi connectivity index (χ3n) is 2.25. The number of nitriles is 1. The molecule has 0 bridgehead atoms. The van der Waals surface area contributed by atoms with Gasteiger partial charge in [-0.3, -0.25) is 9.00 Å². The number of anilines is 1. The van der Waals surface area contributed by atoms with Crippen molar-refractivity contribution < 1.29 is 17.4 Å². The molecule has 1 N–H and O–H groups in total. The molecule has 1 rings (SSSR count). The second-order valence-electron chi connectivity index (χ2n) is 4.16. The van der Waals surface area contributed by atoms with E-state index in [-0.39, 0.29) is 17.3 Å². The maximum atomic E-state index is 11.6. The van der Waals surface area contributed by atoms with Gasteiger partial charge in [0.25, 0.3) is 0 Å². The van der Waals surface area contributed by atoms with Crippen LogP contribution in [0.4, 0.5) is 5.69 Å². The maximum Gasteiger partial charge on any atom is 0.236 e. The fraction of sp³-hybridized carbons (Fsp3) is 0.333. The van der Waals surface area contributed by atoms with Crippen LogP contribution in [0.2, 0.25) is 0 Å². The standard InChI is InChI=1S/C12H14N2O4S2/c1-20(17,18)6-5-19(16)9-12(15)14-11-4-2-3-10(7-11)8-13/h2-4,7H,5-6,9H2,1H3,(H,14,15). The first kappa shape index (κ1) is 16.3. The first-order valence-electron chi connectivity index (χ1n) is 5.63. The summed E-state index contributed by atoms with van der Waals surface area (Å²) in [5, 5.41) is 11.2. The molecule has 0 aliphatic heterocycles. The smallest absolute Gasteiger partial charge is 0.236 e. The van der Waals surface area contributed by atoms with Crippen molar-refractivity contribution in [2.24, 2.45) is 0 Å². The molecule has 1 atom stereocenters. The summed E-state index contributed by atoms with van der Waals surface area (Å²) in [5.74, 6) is -1.03. The van der Waals surface area contributed by atoms with Crippen LogP contribution < -0.4 is 5.32 Å². The normalized spacial score (nSPS) is 12.4. The zero-order valence-corrected chi connectivity index (χ0v) is 12.5. The summed E-state index contributed by atoms with van der Waals surface area (Å²) in [4.78, 5) is 11.6. The van der Waals surface area contributed by atoms with Gasteiger partial charge in [-0.15, -0.1) is 0 Å². The molecule has 1 aromatic rings. The summed E-state index contributed by atoms with van der Waals surface area (Å²) >= 11 is 0. The lowest BCUT2D eigenvalue weighted by Gasteiger charge is -2.05. The number of nitrogens with zero attached hydrogens (tertiary/aromatic N) is 1. The summed E-state index contributed by atoms with van der Waals surface area (Å²) < 4.78 is 33.4. The van der Waals surface area contributed by atoms with Crippen LogP contribution in [0.25, 0.3) is 0 Å². The highest BCUT2D eigenvalue weighted by Crippen LogP contribution is 2.09. The van der Waals surface area contributed by atoms with E-state index < -0.39 is 26.5 Å². The Labute approximate surface area is 120 Å². The lowest BCUT2D eigenvalue weighted by Crippen LogP contribution is -2.23. The van der Waals surface area contributed by atoms with E-state index in [1.54, 1.807) is 18.2 Å². The van der Waals surface area contributed by atoms with Crippen LogP contribution in [0.3, 0.4) is 0 Å². The van der Waals surface area contributed by atoms with Gasteiger partial charge in [-0.1, -0.05) is 6.07 Å². The molecule has 0 aromatic heterocycles. The molecule has 1 unspecified atom stereocenters. The highest BCUT2D eigenvalue weighted by Gasteiger charge is 2.11. The minimum atomic E-state index is -3.18. The highest BCUT2D eigenvalue weighted by molar-refractivity contribution is 7.92. The van der Waals surface area contributed by atoms with Gasteiger partial charge in [0, 0.05) is 28.5 Å². The van der Waals surface area contributed by atoms with Gasteiger partial charge < -0.3 is 5.32 Å². The third kappa shape index (κ3) is 6.45. The zero-order chi connectivity index (χ0) is 15.2. The van der Waals surface area contributed by atoms with Crippen molar-refractivity contribution in [3.05, 3.63) is 29.8 Å². The Morgan fingerprint density at radius 1 is 1.45 bits per heavy atom. The van der Waals surface area contributed by atoms with Gasteiger partial charge >= 0.3 is 0 Å². The molecular formula is C12H14N2O4S2. The molecule has 8 heteroatoms. The Morgan fingerprint density at radius 3 is 2.75 bits per heavy atom. The summed E-state index contributed by atoms with van der Waals surface area (Å²) in [6.07, 6.45) is 1.05. The van der Waals surface area contributed by atoms with Crippen LogP contribution in [0.5, 0.6) is 0 Å². The Morgan fingerprint density at radius 2 is 2.15 bits per heavy atom. The van der Waals surface area contributed by atoms with Crippen molar-refractivity contribution in [3.63, 3.8) is 0 Å². The van der Waals surface area contributed by atoms with Crippen LogP contribution in [0, 0.1) is 11.3 Å². The largest absolute Gasteiger partial charge is 0.325 e. The van der Waals surface area contributed by atoms with Crippen LogP contribution in [-0.4, -0.2) is 42.0 Å². The molecule has 0 aliphatic carbocycles. The molecule has 0 heterocycles. The lowest BCUT2D eigenvalue weighted by atomic mass is 10.2. The zero-order valence-electron chi connectivity index (χ0n) is 10.8. The number of benzene rings is 1. The van der Waals surface area contributed by atoms with Gasteiger partial charge in [0.1, 0.15) is 15.6 Å². The van der Waals surface area contributed by atoms with Crippen LogP contribution in [0.1, 0.15) is 5.56 Å². The van der Waals surface area contributed by atoms with E-state index in [1.807, 2.05) is 6.07 Å². The van der Waals surface area contributed by atoms with Crippen LogP contribution in [-0.2, 0) is 25.4 Å². The van der Waals surface area contributed by atoms with Crippen molar-refractivity contribution in [1.29, 1.82) is 5.26 Å². The van der Waals surface area contributed by atoms with Gasteiger partial charge in [0.15, 0.2) is 0 Å². The fourth-order valence-electron chi connectivity index (χ4n) is 1.33. The molecule has 108 valence electrons. The molecule has 20 heavy (non-hydrogen) atoms. The van der Waals surface area contributed by atoms with Crippen LogP contribution >= 0.6 is 0 Å². The number of sulfone groups is 1. The van der Waals surface area contributed by atoms with Gasteiger partial charge in [0.2, 0.25) is 5.91 Å². The Kier molecular flexibility index (Phi) is 5.85. The molecule has 0 fully saturated rings. The number of amides is 1. The lowest BCUT2D eigenvalue weighted by molar-refractivity contribution is -0.113. The quantitative estimate of drug-likeness (QED) is 0.812. The van der Waals surface area contributed by atoms with Gasteiger partial charge in [-0.05, 0) is 18.2 Å². The molecule has 0 spiro atoms. The molecule has 1 aromatic carbocycles. The van der Waals surface area contributed by atoms with Crippen molar-refractivity contribution in [1.82, 2.24) is 0 Å². The van der Waals surface area contributed by atoms with Crippen molar-refractivity contribution >= 4 is 32.2 Å². The maximum absolute atomic E-state index is 11.6. The number of carbonyl (C=O) groups excluding carboxylic acids is 1. The summed E-state index contributed by atoms with van der Waals surface area (Å²) in [5.41, 5.74) is 0.843. The van der Waals surface area contributed by atoms with Crippen molar-refractivity contribution in [3.8, 4) is 6.07 Å². The molecular weight excluding hydrogens is 300 g/mol. The molecule has 0 radical (unpaired) electrons. The molecule has 0 saturated heterocycles. The first-order valence-corrected chi connectivity index (χ1v) is 9.18. The number of hydrogen-bond acceptors (Lipinski definition) is 5. The average molecular weight is 314 g/mol. The Hall–Kier alpha value is -1.72. The molecule has 0 saturated carbocycles. The Bertz CT molecular complexity index is 662. The second kappa shape index (κ2) is 7.17. The van der Waals surface area contributed by atoms with E-state index in [0.29, 0.717) is 11.3 Å². The molecule has 6 nitrogen and oxygen atoms in total. The minimum Gasteiger partial charge on any atom is -0.325 e. The minimum absolute atomic E-state index is 0.0650. The van der Waals surface area contributed by atoms with E-state index in [9.17, 15) is 17.4 Å². The highest BCUT2D eigenvalue weighted by atomic mass is 32.2. The number of nitrogens with one attached hydrogen (secondary N) is 1. The monoisotopic (exact) mass is 314 g/mol. The average Bonchev–Trinajstić information content (AvgIpc) is 2.35. The van der Waals surface area contributed by atoms with E-state index in [2.05, 4.69) is 5.32 Å². The topological polar surface area (TPSA) is 104 Å². The predicted octanol–water partition coefficient (Wildman–Crippen LogP) is 0.290. The number of hydrogen-bond donors (Lipinski definition) is 1. The van der Waals surface area contributed by atoms with Gasteiger partial charge in [0.05, 0.1) is 17.4 Å². The number of carbonyl (C=O) groups is 1. The Balaban J connectivity index is 2.51. The SMILES string of the molecule is CS(=O)(=O)CCS(=O)CC(=O)Nc1cccc(C#N)c1. The predicted molar refractivity (Wildman–Crippen MR) is 77.4 cm³/mol. The third-order valence-corrected chi connectivity index (χ3v) is 4.70. The van der Waals surface area contributed by atoms with Crippen LogP contribution in [0.15, 0.2) is 24.3 Å². The summed E-state index contributed by atoms with van der Waals surface area (Å²) in [6, 6.07) is 8.26. The number of rotatable bonds is 6. The fourth-order valence-corrected chi connectivity index (χ4v) is 3.79.